The maximum Gasteiger partial charge on any atom is 0.0966 e. The van der Waals surface area contributed by atoms with Crippen LogP contribution in [0, 0.1) is 0 Å². The van der Waals surface area contributed by atoms with Crippen LogP contribution in [-0.4, -0.2) is 29.5 Å². The summed E-state index contributed by atoms with van der Waals surface area (Å²) in [5.41, 5.74) is 1.32. The molecule has 3 unspecified atom stereocenters. The van der Waals surface area contributed by atoms with Crippen molar-refractivity contribution in [1.82, 2.24) is 10.3 Å². The van der Waals surface area contributed by atoms with Gasteiger partial charge in [0.05, 0.1) is 11.1 Å². The molecule has 1 aliphatic heterocycles. The topological polar surface area (TPSA) is 34.2 Å². The highest BCUT2D eigenvalue weighted by Crippen LogP contribution is 2.32. The first-order valence-electron chi connectivity index (χ1n) is 7.18. The quantitative estimate of drug-likeness (QED) is 0.866. The SMILES string of the molecule is CCCNC(C)c1ccnc(SC2CCOC2C)c1. The second-order valence-electron chi connectivity index (χ2n) is 5.12. The molecule has 19 heavy (non-hydrogen) atoms. The zero-order chi connectivity index (χ0) is 13.7. The maximum absolute atomic E-state index is 5.61. The van der Waals surface area contributed by atoms with Gasteiger partial charge in [0.15, 0.2) is 0 Å². The van der Waals surface area contributed by atoms with Crippen molar-refractivity contribution in [2.24, 2.45) is 0 Å². The summed E-state index contributed by atoms with van der Waals surface area (Å²) in [6, 6.07) is 4.70. The van der Waals surface area contributed by atoms with Gasteiger partial charge in [-0.15, -0.1) is 11.8 Å². The van der Waals surface area contributed by atoms with Gasteiger partial charge < -0.3 is 10.1 Å². The Morgan fingerprint density at radius 3 is 3.11 bits per heavy atom. The number of rotatable bonds is 6. The number of pyridine rings is 1. The standard InChI is InChI=1S/C15H24N2OS/c1-4-7-16-11(2)13-5-8-17-15(10-13)19-14-6-9-18-12(14)3/h5,8,10-12,14,16H,4,6-7,9H2,1-3H3. The Bertz CT molecular complexity index is 399. The Morgan fingerprint density at radius 1 is 1.58 bits per heavy atom. The van der Waals surface area contributed by atoms with Gasteiger partial charge in [-0.1, -0.05) is 6.92 Å². The Labute approximate surface area is 120 Å². The lowest BCUT2D eigenvalue weighted by Gasteiger charge is -2.16. The van der Waals surface area contributed by atoms with Crippen molar-refractivity contribution < 1.29 is 4.74 Å². The lowest BCUT2D eigenvalue weighted by molar-refractivity contribution is 0.127. The first-order valence-corrected chi connectivity index (χ1v) is 8.06. The number of ether oxygens (including phenoxy) is 1. The van der Waals surface area contributed by atoms with E-state index in [4.69, 9.17) is 4.74 Å². The molecule has 1 aromatic rings. The summed E-state index contributed by atoms with van der Waals surface area (Å²) in [6.45, 7) is 8.49. The number of hydrogen-bond donors (Lipinski definition) is 1. The van der Waals surface area contributed by atoms with E-state index < -0.39 is 0 Å². The van der Waals surface area contributed by atoms with Crippen LogP contribution in [0.3, 0.4) is 0 Å². The molecule has 1 saturated heterocycles. The molecule has 0 aliphatic carbocycles. The van der Waals surface area contributed by atoms with Crippen LogP contribution in [0.15, 0.2) is 23.4 Å². The van der Waals surface area contributed by atoms with Gasteiger partial charge in [-0.3, -0.25) is 0 Å². The zero-order valence-electron chi connectivity index (χ0n) is 12.1. The number of aromatic nitrogens is 1. The average Bonchev–Trinajstić information content (AvgIpc) is 2.82. The minimum Gasteiger partial charge on any atom is -0.377 e. The van der Waals surface area contributed by atoms with Crippen molar-refractivity contribution in [2.45, 2.75) is 56.0 Å². The van der Waals surface area contributed by atoms with Gasteiger partial charge in [0.25, 0.3) is 0 Å². The molecule has 2 heterocycles. The van der Waals surface area contributed by atoms with Gasteiger partial charge in [0, 0.05) is 24.1 Å². The van der Waals surface area contributed by atoms with Gasteiger partial charge in [0.2, 0.25) is 0 Å². The zero-order valence-corrected chi connectivity index (χ0v) is 12.9. The van der Waals surface area contributed by atoms with Crippen molar-refractivity contribution in [3.8, 4) is 0 Å². The summed E-state index contributed by atoms with van der Waals surface area (Å²) in [5.74, 6) is 0. The molecule has 0 amide bonds. The van der Waals surface area contributed by atoms with Gasteiger partial charge in [-0.2, -0.15) is 0 Å². The fraction of sp³-hybridized carbons (Fsp3) is 0.667. The number of nitrogens with one attached hydrogen (secondary N) is 1. The fourth-order valence-electron chi connectivity index (χ4n) is 2.26. The minimum atomic E-state index is 0.339. The molecule has 2 rings (SSSR count). The van der Waals surface area contributed by atoms with E-state index in [1.807, 2.05) is 18.0 Å². The highest BCUT2D eigenvalue weighted by atomic mass is 32.2. The Kier molecular flexibility index (Phi) is 5.67. The molecule has 0 saturated carbocycles. The molecular weight excluding hydrogens is 256 g/mol. The van der Waals surface area contributed by atoms with Crippen LogP contribution in [0.4, 0.5) is 0 Å². The third kappa shape index (κ3) is 4.20. The Balaban J connectivity index is 1.98. The molecule has 0 radical (unpaired) electrons. The molecule has 4 heteroatoms. The summed E-state index contributed by atoms with van der Waals surface area (Å²) in [4.78, 5) is 4.48. The van der Waals surface area contributed by atoms with Crippen molar-refractivity contribution >= 4 is 11.8 Å². The third-order valence-electron chi connectivity index (χ3n) is 3.54. The molecule has 3 atom stereocenters. The summed E-state index contributed by atoms with van der Waals surface area (Å²) >= 11 is 1.85. The normalized spacial score (nSPS) is 24.6. The van der Waals surface area contributed by atoms with Gasteiger partial charge in [-0.25, -0.2) is 4.98 Å². The van der Waals surface area contributed by atoms with E-state index in [1.54, 1.807) is 0 Å². The first kappa shape index (κ1) is 14.8. The summed E-state index contributed by atoms with van der Waals surface area (Å²) in [7, 11) is 0. The van der Waals surface area contributed by atoms with Crippen LogP contribution < -0.4 is 5.32 Å². The maximum atomic E-state index is 5.61. The number of thioether (sulfide) groups is 1. The van der Waals surface area contributed by atoms with E-state index in [0.717, 1.165) is 31.0 Å². The van der Waals surface area contributed by atoms with Crippen molar-refractivity contribution in [3.63, 3.8) is 0 Å². The molecule has 1 fully saturated rings. The molecule has 3 nitrogen and oxygen atoms in total. The summed E-state index contributed by atoms with van der Waals surface area (Å²) in [6.07, 6.45) is 4.54. The molecule has 1 N–H and O–H groups in total. The van der Waals surface area contributed by atoms with Crippen LogP contribution in [0.1, 0.15) is 45.2 Å². The van der Waals surface area contributed by atoms with Crippen LogP contribution in [0.2, 0.25) is 0 Å². The van der Waals surface area contributed by atoms with E-state index in [2.05, 4.69) is 43.2 Å². The van der Waals surface area contributed by atoms with Crippen LogP contribution >= 0.6 is 11.8 Å². The second kappa shape index (κ2) is 7.27. The Morgan fingerprint density at radius 2 is 2.42 bits per heavy atom. The molecule has 106 valence electrons. The minimum absolute atomic E-state index is 0.339. The molecule has 0 bridgehead atoms. The van der Waals surface area contributed by atoms with Crippen LogP contribution in [0.5, 0.6) is 0 Å². The molecule has 1 aliphatic rings. The average molecular weight is 280 g/mol. The van der Waals surface area contributed by atoms with Crippen molar-refractivity contribution in [3.05, 3.63) is 23.9 Å². The fourth-order valence-corrected chi connectivity index (χ4v) is 3.38. The monoisotopic (exact) mass is 280 g/mol. The number of nitrogens with zero attached hydrogens (tertiary/aromatic N) is 1. The third-order valence-corrected chi connectivity index (χ3v) is 4.92. The predicted octanol–water partition coefficient (Wildman–Crippen LogP) is 3.41. The summed E-state index contributed by atoms with van der Waals surface area (Å²) < 4.78 is 5.61. The smallest absolute Gasteiger partial charge is 0.0966 e. The first-order chi connectivity index (χ1) is 9.20. The highest BCUT2D eigenvalue weighted by Gasteiger charge is 2.25. The van der Waals surface area contributed by atoms with Crippen LogP contribution in [-0.2, 0) is 4.74 Å². The number of hydrogen-bond acceptors (Lipinski definition) is 4. The summed E-state index contributed by atoms with van der Waals surface area (Å²) in [5, 5.41) is 5.18. The highest BCUT2D eigenvalue weighted by molar-refractivity contribution is 7.99. The Hall–Kier alpha value is -0.580. The van der Waals surface area contributed by atoms with E-state index in [1.165, 1.54) is 5.56 Å². The van der Waals surface area contributed by atoms with E-state index in [-0.39, 0.29) is 0 Å². The van der Waals surface area contributed by atoms with Gasteiger partial charge in [0.1, 0.15) is 0 Å². The van der Waals surface area contributed by atoms with Crippen molar-refractivity contribution in [1.29, 1.82) is 0 Å². The van der Waals surface area contributed by atoms with Gasteiger partial charge >= 0.3 is 0 Å². The van der Waals surface area contributed by atoms with E-state index >= 15 is 0 Å². The molecular formula is C15H24N2OS. The largest absolute Gasteiger partial charge is 0.377 e. The second-order valence-corrected chi connectivity index (χ2v) is 6.38. The van der Waals surface area contributed by atoms with E-state index in [0.29, 0.717) is 17.4 Å². The van der Waals surface area contributed by atoms with Crippen LogP contribution in [0.25, 0.3) is 0 Å². The lowest BCUT2D eigenvalue weighted by Crippen LogP contribution is -2.19. The molecule has 0 spiro atoms. The lowest BCUT2D eigenvalue weighted by atomic mass is 10.1. The molecule has 0 aromatic carbocycles. The molecule has 1 aromatic heterocycles. The van der Waals surface area contributed by atoms with Gasteiger partial charge in [-0.05, 0) is 50.9 Å². The van der Waals surface area contributed by atoms with E-state index in [9.17, 15) is 0 Å². The van der Waals surface area contributed by atoms with Crippen molar-refractivity contribution in [2.75, 3.05) is 13.2 Å². The predicted molar refractivity (Wildman–Crippen MR) is 80.6 cm³/mol.